The van der Waals surface area contributed by atoms with Gasteiger partial charge in [0.2, 0.25) is 0 Å². The van der Waals surface area contributed by atoms with Crippen molar-refractivity contribution < 1.29 is 46.2 Å². The first-order chi connectivity index (χ1) is 42.9. The molecule has 2 amide bonds. The number of anilines is 2. The molecule has 0 atom stereocenters. The van der Waals surface area contributed by atoms with E-state index in [1.54, 1.807) is 6.07 Å². The number of amides is 2. The van der Waals surface area contributed by atoms with Gasteiger partial charge in [-0.3, -0.25) is 9.59 Å². The average molecular weight is 1250 g/mol. The SMILES string of the molecule is CCCCCCCCC(CCCCCCCC)CCCN1C(=O)/C(=C2/C(=O)Oc3cc4c(cc32)OC(=O)/C4=C2/C(=O)N(CCCC(CCCCCCCC)CCCCCCCC)c3c2cc(F)c(-c2ccc(-c4cccs4)s2)c3F)c2cc(F)cc(F)c21. The Morgan fingerprint density at radius 1 is 0.420 bits per heavy atom. The van der Waals surface area contributed by atoms with Gasteiger partial charge in [0.25, 0.3) is 11.8 Å². The van der Waals surface area contributed by atoms with E-state index >= 15 is 22.4 Å². The lowest BCUT2D eigenvalue weighted by molar-refractivity contribution is -0.127. The van der Waals surface area contributed by atoms with Crippen LogP contribution in [-0.2, 0) is 19.2 Å². The van der Waals surface area contributed by atoms with Gasteiger partial charge in [-0.1, -0.05) is 214 Å². The van der Waals surface area contributed by atoms with Crippen LogP contribution in [0.2, 0.25) is 0 Å². The zero-order valence-electron chi connectivity index (χ0n) is 52.6. The highest BCUT2D eigenvalue weighted by Crippen LogP contribution is 2.54. The summed E-state index contributed by atoms with van der Waals surface area (Å²) in [5.74, 6) is -6.29. The predicted molar refractivity (Wildman–Crippen MR) is 353 cm³/mol. The molecule has 0 unspecified atom stereocenters. The molecule has 6 heterocycles. The summed E-state index contributed by atoms with van der Waals surface area (Å²) in [6, 6.07) is 13.1. The fourth-order valence-corrected chi connectivity index (χ4v) is 15.7. The Labute approximate surface area is 528 Å². The molecule has 2 aromatic heterocycles. The second kappa shape index (κ2) is 32.8. The fraction of sp³-hybridized carbons (Fsp3) is 0.541. The maximum Gasteiger partial charge on any atom is 0.345 e. The van der Waals surface area contributed by atoms with Crippen molar-refractivity contribution in [2.75, 3.05) is 22.9 Å². The molecule has 4 aliphatic rings. The van der Waals surface area contributed by atoms with Crippen LogP contribution >= 0.6 is 22.7 Å². The summed E-state index contributed by atoms with van der Waals surface area (Å²) >= 11 is 2.77. The number of rotatable bonds is 38. The second-order valence-corrected chi connectivity index (χ2v) is 27.2. The quantitative estimate of drug-likeness (QED) is 0.0129. The number of fused-ring (bicyclic) bond motifs is 4. The van der Waals surface area contributed by atoms with Crippen LogP contribution in [0.25, 0.3) is 42.5 Å². The van der Waals surface area contributed by atoms with E-state index in [2.05, 4.69) is 27.7 Å². The summed E-state index contributed by atoms with van der Waals surface area (Å²) in [5, 5.41) is 1.94. The highest BCUT2D eigenvalue weighted by molar-refractivity contribution is 7.23. The number of hydrogen-bond donors (Lipinski definition) is 0. The van der Waals surface area contributed by atoms with Crippen LogP contribution in [0.3, 0.4) is 0 Å². The highest BCUT2D eigenvalue weighted by Gasteiger charge is 2.47. The lowest BCUT2D eigenvalue weighted by atomic mass is 9.90. The van der Waals surface area contributed by atoms with E-state index in [0.29, 0.717) is 29.6 Å². The Hall–Kier alpha value is -5.86. The molecule has 0 saturated heterocycles. The van der Waals surface area contributed by atoms with Gasteiger partial charge in [0.1, 0.15) is 29.0 Å². The molecule has 0 N–H and O–H groups in total. The number of benzene rings is 3. The summed E-state index contributed by atoms with van der Waals surface area (Å²) in [6.07, 6.45) is 35.7. The number of carbonyl (C=O) groups is 4. The van der Waals surface area contributed by atoms with Crippen LogP contribution in [-0.4, -0.2) is 36.8 Å². The largest absolute Gasteiger partial charge is 0.422 e. The zero-order chi connectivity index (χ0) is 62.1. The van der Waals surface area contributed by atoms with Gasteiger partial charge >= 0.3 is 11.9 Å². The lowest BCUT2D eigenvalue weighted by Crippen LogP contribution is -2.29. The molecule has 3 aromatic carbocycles. The zero-order valence-corrected chi connectivity index (χ0v) is 54.3. The summed E-state index contributed by atoms with van der Waals surface area (Å²) in [5.41, 5.74) is -1.55. The first-order valence-corrected chi connectivity index (χ1v) is 35.5. The number of ether oxygens (including phenoxy) is 2. The van der Waals surface area contributed by atoms with Crippen molar-refractivity contribution in [3.63, 3.8) is 0 Å². The Balaban J connectivity index is 1.02. The van der Waals surface area contributed by atoms with Crippen molar-refractivity contribution in [1.82, 2.24) is 0 Å². The van der Waals surface area contributed by atoms with Crippen molar-refractivity contribution in [2.24, 2.45) is 11.8 Å². The van der Waals surface area contributed by atoms with Crippen molar-refractivity contribution in [2.45, 2.75) is 233 Å². The topological polar surface area (TPSA) is 93.2 Å². The molecular weight excluding hydrogens is 1150 g/mol. The summed E-state index contributed by atoms with van der Waals surface area (Å²) < 4.78 is 77.9. The molecule has 474 valence electrons. The minimum atomic E-state index is -0.957. The molecule has 0 spiro atoms. The van der Waals surface area contributed by atoms with Gasteiger partial charge in [-0.15, -0.1) is 22.7 Å². The lowest BCUT2D eigenvalue weighted by Gasteiger charge is -2.22. The number of halogens is 4. The standard InChI is InChI=1S/C74H92F4N2O6S2/c1-5-9-13-17-21-25-32-49(33-26-22-18-14-10-6-2)36-29-41-79-69-54(44-51(75)45-57(69)77)63(71(79)81)65-52-47-59-53(48-58(52)85-73(65)83)66(74(84)86-59)64-55-46-56(76)67(62-40-39-61(88-62)60-38-31-43-87-60)68(78)70(55)80(72(64)82)42-30-37-50(34-27-23-19-15-11-7-3)35-28-24-20-16-12-8-4/h31,38-40,43-50H,5-30,32-37,41-42H2,1-4H3/b65-63+,66-64+. The smallest absolute Gasteiger partial charge is 0.345 e. The molecule has 8 nitrogen and oxygen atoms in total. The van der Waals surface area contributed by atoms with Crippen molar-refractivity contribution in [3.05, 3.63) is 106 Å². The van der Waals surface area contributed by atoms with Crippen LogP contribution in [0.4, 0.5) is 28.9 Å². The van der Waals surface area contributed by atoms with Gasteiger partial charge < -0.3 is 19.3 Å². The maximum absolute atomic E-state index is 17.7. The Bertz CT molecular complexity index is 3260. The van der Waals surface area contributed by atoms with E-state index in [1.165, 1.54) is 173 Å². The van der Waals surface area contributed by atoms with E-state index in [0.717, 1.165) is 92.2 Å². The molecular formula is C74H92F4N2O6S2. The monoisotopic (exact) mass is 1240 g/mol. The molecule has 9 rings (SSSR count). The number of nitrogens with zero attached hydrogens (tertiary/aromatic N) is 2. The average Bonchev–Trinajstić information content (AvgIpc) is 1.59. The van der Waals surface area contributed by atoms with Gasteiger partial charge in [-0.05, 0) is 85.4 Å². The number of hydrogen-bond acceptors (Lipinski definition) is 8. The molecule has 0 saturated carbocycles. The number of esters is 2. The Morgan fingerprint density at radius 3 is 1.30 bits per heavy atom. The number of unbranched alkanes of at least 4 members (excludes halogenated alkanes) is 20. The first kappa shape index (κ1) is 66.6. The van der Waals surface area contributed by atoms with E-state index in [4.69, 9.17) is 9.47 Å². The maximum atomic E-state index is 17.7. The molecule has 5 aromatic rings. The van der Waals surface area contributed by atoms with Crippen molar-refractivity contribution >= 4 is 80.1 Å². The third-order valence-electron chi connectivity index (χ3n) is 18.6. The minimum Gasteiger partial charge on any atom is -0.422 e. The molecule has 4 aliphatic heterocycles. The molecule has 0 bridgehead atoms. The Kier molecular flexibility index (Phi) is 24.8. The van der Waals surface area contributed by atoms with Gasteiger partial charge in [0, 0.05) is 56.0 Å². The van der Waals surface area contributed by atoms with Crippen LogP contribution in [0.15, 0.2) is 60.0 Å². The first-order valence-electron chi connectivity index (χ1n) is 33.8. The Morgan fingerprint density at radius 2 is 0.841 bits per heavy atom. The van der Waals surface area contributed by atoms with Crippen LogP contribution in [0, 0.1) is 35.1 Å². The third-order valence-corrected chi connectivity index (χ3v) is 20.8. The van der Waals surface area contributed by atoms with E-state index in [-0.39, 0.29) is 86.1 Å². The van der Waals surface area contributed by atoms with Gasteiger partial charge in [-0.2, -0.15) is 0 Å². The number of carbonyl (C=O) groups excluding carboxylic acids is 4. The minimum absolute atomic E-state index is 0.0500. The normalized spacial score (nSPS) is 16.1. The van der Waals surface area contributed by atoms with Gasteiger partial charge in [0.15, 0.2) is 5.82 Å². The summed E-state index contributed by atoms with van der Waals surface area (Å²) in [7, 11) is 0. The summed E-state index contributed by atoms with van der Waals surface area (Å²) in [4.78, 5) is 63.6. The third kappa shape index (κ3) is 15.8. The van der Waals surface area contributed by atoms with E-state index < -0.39 is 47.0 Å². The van der Waals surface area contributed by atoms with Gasteiger partial charge in [0.05, 0.1) is 39.2 Å². The molecule has 0 fully saturated rings. The second-order valence-electron chi connectivity index (χ2n) is 25.1. The summed E-state index contributed by atoms with van der Waals surface area (Å²) in [6.45, 7) is 9.13. The predicted octanol–water partition coefficient (Wildman–Crippen LogP) is 21.8. The van der Waals surface area contributed by atoms with E-state index in [9.17, 15) is 14.4 Å². The molecule has 0 aliphatic carbocycles. The molecule has 0 radical (unpaired) electrons. The van der Waals surface area contributed by atoms with Crippen molar-refractivity contribution in [1.29, 1.82) is 0 Å². The fourth-order valence-electron chi connectivity index (χ4n) is 13.9. The molecule has 14 heteroatoms. The van der Waals surface area contributed by atoms with E-state index in [1.807, 2.05) is 23.6 Å². The number of thiophene rings is 2. The highest BCUT2D eigenvalue weighted by atomic mass is 32.1. The van der Waals surface area contributed by atoms with Crippen LogP contribution in [0.5, 0.6) is 11.5 Å². The van der Waals surface area contributed by atoms with Gasteiger partial charge in [-0.25, -0.2) is 27.2 Å². The van der Waals surface area contributed by atoms with Crippen LogP contribution < -0.4 is 19.3 Å². The van der Waals surface area contributed by atoms with Crippen molar-refractivity contribution in [3.8, 4) is 31.7 Å². The van der Waals surface area contributed by atoms with Crippen LogP contribution in [0.1, 0.15) is 255 Å². The molecule has 88 heavy (non-hydrogen) atoms.